The van der Waals surface area contributed by atoms with Crippen LogP contribution in [0.1, 0.15) is 47.7 Å². The highest BCUT2D eigenvalue weighted by atomic mass is 35.5. The number of aryl methyl sites for hydroxylation is 1. The number of hydrogen-bond acceptors (Lipinski definition) is 3. The lowest BCUT2D eigenvalue weighted by molar-refractivity contribution is 0.0741. The van der Waals surface area contributed by atoms with Crippen molar-refractivity contribution in [2.75, 3.05) is 6.54 Å². The van der Waals surface area contributed by atoms with Crippen LogP contribution in [-0.2, 0) is 13.1 Å². The Balaban J connectivity index is 1.63. The fourth-order valence-electron chi connectivity index (χ4n) is 3.44. The molecule has 3 heterocycles. The van der Waals surface area contributed by atoms with E-state index < -0.39 is 6.10 Å². The molecule has 136 valence electrons. The Morgan fingerprint density at radius 2 is 2.19 bits per heavy atom. The number of halogens is 1. The second-order valence-electron chi connectivity index (χ2n) is 6.65. The summed E-state index contributed by atoms with van der Waals surface area (Å²) >= 11 is 6.45. The molecule has 26 heavy (non-hydrogen) atoms. The number of carbonyl (C=O) groups excluding carboxylic acids is 1. The lowest BCUT2D eigenvalue weighted by Gasteiger charge is -2.19. The number of amides is 1. The molecule has 7 heteroatoms. The summed E-state index contributed by atoms with van der Waals surface area (Å²) in [5.74, 6) is -0.113. The van der Waals surface area contributed by atoms with E-state index in [1.54, 1.807) is 4.90 Å². The third kappa shape index (κ3) is 2.89. The van der Waals surface area contributed by atoms with E-state index in [4.69, 9.17) is 11.6 Å². The molecule has 1 aliphatic heterocycles. The number of benzene rings is 1. The summed E-state index contributed by atoms with van der Waals surface area (Å²) < 4.78 is 1.90. The Hall–Kier alpha value is -2.31. The van der Waals surface area contributed by atoms with Gasteiger partial charge in [0, 0.05) is 24.0 Å². The number of aliphatic hydroxyl groups is 1. The first-order valence-electron chi connectivity index (χ1n) is 8.88. The van der Waals surface area contributed by atoms with Crippen LogP contribution in [0, 0.1) is 0 Å². The number of rotatable bonds is 3. The van der Waals surface area contributed by atoms with Gasteiger partial charge < -0.3 is 15.0 Å². The highest BCUT2D eigenvalue weighted by Gasteiger charge is 2.26. The number of para-hydroxylation sites is 1. The van der Waals surface area contributed by atoms with Crippen LogP contribution in [-0.4, -0.2) is 37.2 Å². The van der Waals surface area contributed by atoms with Crippen LogP contribution in [0.25, 0.3) is 10.9 Å². The Labute approximate surface area is 156 Å². The molecule has 2 aromatic heterocycles. The van der Waals surface area contributed by atoms with Gasteiger partial charge in [-0.05, 0) is 25.0 Å². The molecule has 0 fully saturated rings. The van der Waals surface area contributed by atoms with Crippen molar-refractivity contribution in [3.63, 3.8) is 0 Å². The van der Waals surface area contributed by atoms with Gasteiger partial charge in [0.2, 0.25) is 0 Å². The normalized spacial score (nSPS) is 15.7. The number of H-pyrrole nitrogens is 1. The van der Waals surface area contributed by atoms with Crippen LogP contribution in [0.4, 0.5) is 0 Å². The van der Waals surface area contributed by atoms with Crippen LogP contribution < -0.4 is 0 Å². The first kappa shape index (κ1) is 17.1. The summed E-state index contributed by atoms with van der Waals surface area (Å²) in [6.07, 6.45) is 0.852. The van der Waals surface area contributed by atoms with Gasteiger partial charge in [-0.3, -0.25) is 9.48 Å². The number of hydrogen-bond donors (Lipinski definition) is 2. The van der Waals surface area contributed by atoms with E-state index in [0.29, 0.717) is 35.9 Å². The lowest BCUT2D eigenvalue weighted by Crippen LogP contribution is -2.31. The number of nitrogens with zero attached hydrogens (tertiary/aromatic N) is 3. The fraction of sp³-hybridized carbons (Fsp3) is 0.368. The summed E-state index contributed by atoms with van der Waals surface area (Å²) in [4.78, 5) is 18.0. The average Bonchev–Trinajstić information content (AvgIpc) is 3.15. The molecule has 0 saturated heterocycles. The van der Waals surface area contributed by atoms with Gasteiger partial charge in [-0.25, -0.2) is 0 Å². The first-order valence-corrected chi connectivity index (χ1v) is 9.26. The average molecular weight is 373 g/mol. The minimum Gasteiger partial charge on any atom is -0.387 e. The molecular weight excluding hydrogens is 352 g/mol. The van der Waals surface area contributed by atoms with Gasteiger partial charge in [-0.1, -0.05) is 36.7 Å². The Morgan fingerprint density at radius 1 is 1.38 bits per heavy atom. The van der Waals surface area contributed by atoms with E-state index >= 15 is 0 Å². The molecule has 0 spiro atoms. The van der Waals surface area contributed by atoms with Crippen LogP contribution in [0.5, 0.6) is 0 Å². The maximum Gasteiger partial charge on any atom is 0.272 e. The van der Waals surface area contributed by atoms with Gasteiger partial charge in [0.05, 0.1) is 29.1 Å². The fourth-order valence-corrected chi connectivity index (χ4v) is 3.74. The van der Waals surface area contributed by atoms with Crippen LogP contribution >= 0.6 is 11.6 Å². The molecule has 2 N–H and O–H groups in total. The van der Waals surface area contributed by atoms with E-state index in [-0.39, 0.29) is 5.91 Å². The first-order chi connectivity index (χ1) is 12.6. The smallest absolute Gasteiger partial charge is 0.272 e. The van der Waals surface area contributed by atoms with Gasteiger partial charge in [-0.2, -0.15) is 5.10 Å². The van der Waals surface area contributed by atoms with Gasteiger partial charge in [0.25, 0.3) is 5.91 Å². The van der Waals surface area contributed by atoms with Crippen molar-refractivity contribution in [1.82, 2.24) is 19.7 Å². The molecule has 4 rings (SSSR count). The quantitative estimate of drug-likeness (QED) is 0.738. The van der Waals surface area contributed by atoms with Crippen molar-refractivity contribution >= 4 is 28.4 Å². The number of aromatic amines is 1. The summed E-state index contributed by atoms with van der Waals surface area (Å²) in [5.41, 5.74) is 2.88. The molecule has 1 aliphatic rings. The highest BCUT2D eigenvalue weighted by Crippen LogP contribution is 2.29. The third-order valence-corrected chi connectivity index (χ3v) is 5.30. The predicted octanol–water partition coefficient (Wildman–Crippen LogP) is 3.51. The standard InChI is InChI=1S/C19H21ClN4O2/c1-2-16(25)15-10-12-11-23(8-5-9-24(12)22-15)19(26)18-17(20)13-6-3-4-7-14(13)21-18/h3-4,6-7,10,16,21,25H,2,5,8-9,11H2,1H3. The second kappa shape index (κ2) is 6.78. The van der Waals surface area contributed by atoms with Crippen molar-refractivity contribution in [1.29, 1.82) is 0 Å². The monoisotopic (exact) mass is 372 g/mol. The number of nitrogens with one attached hydrogen (secondary N) is 1. The largest absolute Gasteiger partial charge is 0.387 e. The predicted molar refractivity (Wildman–Crippen MR) is 100 cm³/mol. The summed E-state index contributed by atoms with van der Waals surface area (Å²) in [5, 5.41) is 15.9. The van der Waals surface area contributed by atoms with Crippen molar-refractivity contribution in [3.05, 3.63) is 52.4 Å². The number of aromatic nitrogens is 3. The summed E-state index contributed by atoms with van der Waals surface area (Å²) in [6.45, 7) is 3.74. The zero-order valence-electron chi connectivity index (χ0n) is 14.6. The topological polar surface area (TPSA) is 74.2 Å². The van der Waals surface area contributed by atoms with Crippen molar-refractivity contribution in [2.45, 2.75) is 39.0 Å². The summed E-state index contributed by atoms with van der Waals surface area (Å²) in [7, 11) is 0. The molecule has 0 bridgehead atoms. The Bertz CT molecular complexity index is 962. The van der Waals surface area contributed by atoms with E-state index in [2.05, 4.69) is 10.1 Å². The Morgan fingerprint density at radius 3 is 2.96 bits per heavy atom. The van der Waals surface area contributed by atoms with Gasteiger partial charge >= 0.3 is 0 Å². The van der Waals surface area contributed by atoms with Crippen molar-refractivity contribution in [3.8, 4) is 0 Å². The molecule has 0 radical (unpaired) electrons. The van der Waals surface area contributed by atoms with E-state index in [0.717, 1.165) is 29.6 Å². The molecule has 1 aromatic carbocycles. The van der Waals surface area contributed by atoms with Crippen LogP contribution in [0.15, 0.2) is 30.3 Å². The molecule has 3 aromatic rings. The molecule has 0 saturated carbocycles. The van der Waals surface area contributed by atoms with Crippen LogP contribution in [0.3, 0.4) is 0 Å². The SMILES string of the molecule is CCC(O)c1cc2n(n1)CCCN(C(=O)c1[nH]c3ccccc3c1Cl)C2. The molecular formula is C19H21ClN4O2. The van der Waals surface area contributed by atoms with Gasteiger partial charge in [-0.15, -0.1) is 0 Å². The van der Waals surface area contributed by atoms with Gasteiger partial charge in [0.15, 0.2) is 0 Å². The van der Waals surface area contributed by atoms with Crippen molar-refractivity contribution in [2.24, 2.45) is 0 Å². The molecule has 1 amide bonds. The minimum atomic E-state index is -0.568. The van der Waals surface area contributed by atoms with E-state index in [1.807, 2.05) is 41.9 Å². The van der Waals surface area contributed by atoms with E-state index in [9.17, 15) is 9.90 Å². The molecule has 0 aliphatic carbocycles. The zero-order valence-corrected chi connectivity index (χ0v) is 15.3. The molecule has 1 unspecified atom stereocenters. The number of carbonyl (C=O) groups is 1. The summed E-state index contributed by atoms with van der Waals surface area (Å²) in [6, 6.07) is 9.52. The second-order valence-corrected chi connectivity index (χ2v) is 7.03. The molecule has 6 nitrogen and oxygen atoms in total. The minimum absolute atomic E-state index is 0.113. The lowest BCUT2D eigenvalue weighted by atomic mass is 10.2. The van der Waals surface area contributed by atoms with Crippen molar-refractivity contribution < 1.29 is 9.90 Å². The maximum atomic E-state index is 13.1. The molecule has 1 atom stereocenters. The third-order valence-electron chi connectivity index (χ3n) is 4.90. The maximum absolute atomic E-state index is 13.1. The zero-order chi connectivity index (χ0) is 18.3. The number of aliphatic hydroxyl groups excluding tert-OH is 1. The highest BCUT2D eigenvalue weighted by molar-refractivity contribution is 6.38. The van der Waals surface area contributed by atoms with Crippen LogP contribution in [0.2, 0.25) is 5.02 Å². The number of fused-ring (bicyclic) bond motifs is 2. The van der Waals surface area contributed by atoms with E-state index in [1.165, 1.54) is 0 Å². The Kier molecular flexibility index (Phi) is 4.46. The van der Waals surface area contributed by atoms with Gasteiger partial charge in [0.1, 0.15) is 5.69 Å².